The van der Waals surface area contributed by atoms with E-state index in [-0.39, 0.29) is 17.6 Å². The number of benzene rings is 1. The van der Waals surface area contributed by atoms with Crippen LogP contribution in [-0.2, 0) is 0 Å². The van der Waals surface area contributed by atoms with Crippen molar-refractivity contribution in [3.63, 3.8) is 0 Å². The van der Waals surface area contributed by atoms with Gasteiger partial charge in [-0.05, 0) is 44.0 Å². The zero-order valence-electron chi connectivity index (χ0n) is 10.1. The molecule has 0 saturated heterocycles. The van der Waals surface area contributed by atoms with Crippen molar-refractivity contribution >= 4 is 21.6 Å². The lowest BCUT2D eigenvalue weighted by Crippen LogP contribution is -2.50. The normalized spacial score (nSPS) is 27.1. The minimum Gasteiger partial charge on any atom is -0.390 e. The summed E-state index contributed by atoms with van der Waals surface area (Å²) < 4.78 is 1.07. The van der Waals surface area contributed by atoms with Gasteiger partial charge in [0.15, 0.2) is 0 Å². The minimum absolute atomic E-state index is 0.155. The summed E-state index contributed by atoms with van der Waals surface area (Å²) in [6, 6.07) is 4.20. The van der Waals surface area contributed by atoms with E-state index >= 15 is 0 Å². The third kappa shape index (κ3) is 1.76. The van der Waals surface area contributed by atoms with Crippen LogP contribution in [0.1, 0.15) is 37.8 Å². The van der Waals surface area contributed by atoms with E-state index in [9.17, 15) is 5.11 Å². The van der Waals surface area contributed by atoms with E-state index in [0.717, 1.165) is 4.47 Å². The lowest BCUT2D eigenvalue weighted by Gasteiger charge is -2.43. The molecule has 1 heterocycles. The highest BCUT2D eigenvalue weighted by Crippen LogP contribution is 2.41. The summed E-state index contributed by atoms with van der Waals surface area (Å²) in [6.07, 6.45) is -0.367. The Kier molecular flexibility index (Phi) is 2.79. The fraction of sp³-hybridized carbons (Fsp3) is 0.538. The summed E-state index contributed by atoms with van der Waals surface area (Å²) in [5, 5.41) is 13.7. The first-order valence-corrected chi connectivity index (χ1v) is 6.38. The molecule has 1 aliphatic heterocycles. The molecule has 0 fully saturated rings. The Morgan fingerprint density at radius 1 is 1.38 bits per heavy atom. The van der Waals surface area contributed by atoms with E-state index < -0.39 is 0 Å². The van der Waals surface area contributed by atoms with Crippen molar-refractivity contribution in [3.05, 3.63) is 27.7 Å². The lowest BCUT2D eigenvalue weighted by atomic mass is 9.78. The van der Waals surface area contributed by atoms with Gasteiger partial charge in [-0.2, -0.15) is 0 Å². The molecule has 1 aromatic carbocycles. The van der Waals surface area contributed by atoms with Crippen LogP contribution in [-0.4, -0.2) is 16.7 Å². The first-order chi connectivity index (χ1) is 7.33. The summed E-state index contributed by atoms with van der Waals surface area (Å²) >= 11 is 3.51. The number of nitrogens with one attached hydrogen (secondary N) is 1. The summed E-state index contributed by atoms with van der Waals surface area (Å²) in [6.45, 7) is 8.26. The highest BCUT2D eigenvalue weighted by atomic mass is 79.9. The van der Waals surface area contributed by atoms with Gasteiger partial charge < -0.3 is 10.4 Å². The number of aliphatic hydroxyl groups is 1. The van der Waals surface area contributed by atoms with E-state index in [2.05, 4.69) is 47.2 Å². The van der Waals surface area contributed by atoms with Gasteiger partial charge >= 0.3 is 0 Å². The van der Waals surface area contributed by atoms with E-state index in [1.54, 1.807) is 0 Å². The van der Waals surface area contributed by atoms with Crippen LogP contribution in [0.15, 0.2) is 16.6 Å². The Morgan fingerprint density at radius 2 is 2.00 bits per heavy atom. The monoisotopic (exact) mass is 283 g/mol. The van der Waals surface area contributed by atoms with Gasteiger partial charge in [-0.15, -0.1) is 0 Å². The zero-order chi connectivity index (χ0) is 12.1. The number of halogens is 1. The van der Waals surface area contributed by atoms with Crippen molar-refractivity contribution in [2.24, 2.45) is 0 Å². The fourth-order valence-electron chi connectivity index (χ4n) is 2.49. The second-order valence-corrected chi connectivity index (χ2v) is 6.18. The van der Waals surface area contributed by atoms with Gasteiger partial charge in [-0.1, -0.05) is 22.9 Å². The highest BCUT2D eigenvalue weighted by molar-refractivity contribution is 9.10. The number of fused-ring (bicyclic) bond motifs is 1. The van der Waals surface area contributed by atoms with Crippen LogP contribution in [0.3, 0.4) is 0 Å². The Bertz CT molecular complexity index is 428. The van der Waals surface area contributed by atoms with Crippen molar-refractivity contribution < 1.29 is 5.11 Å². The van der Waals surface area contributed by atoms with Crippen LogP contribution in [0, 0.1) is 6.92 Å². The topological polar surface area (TPSA) is 32.3 Å². The fourth-order valence-corrected chi connectivity index (χ4v) is 3.08. The number of rotatable bonds is 0. The molecule has 1 aromatic rings. The molecule has 2 N–H and O–H groups in total. The Hall–Kier alpha value is -0.540. The molecule has 0 radical (unpaired) electrons. The molecule has 0 spiro atoms. The van der Waals surface area contributed by atoms with Gasteiger partial charge in [0.25, 0.3) is 0 Å². The summed E-state index contributed by atoms with van der Waals surface area (Å²) in [5.74, 6) is 0.155. The van der Waals surface area contributed by atoms with Gasteiger partial charge in [0.2, 0.25) is 0 Å². The SMILES string of the molecule is Cc1cc(Br)cc2c1NC(C)(C)C(O)C2C. The molecule has 2 nitrogen and oxygen atoms in total. The third-order valence-electron chi connectivity index (χ3n) is 3.48. The molecule has 2 rings (SSSR count). The van der Waals surface area contributed by atoms with E-state index in [1.165, 1.54) is 16.8 Å². The molecule has 88 valence electrons. The molecule has 0 amide bonds. The maximum atomic E-state index is 10.3. The molecule has 3 heteroatoms. The van der Waals surface area contributed by atoms with Crippen LogP contribution >= 0.6 is 15.9 Å². The van der Waals surface area contributed by atoms with Gasteiger partial charge in [0.05, 0.1) is 11.6 Å². The first-order valence-electron chi connectivity index (χ1n) is 5.59. The average Bonchev–Trinajstić information content (AvgIpc) is 2.17. The van der Waals surface area contributed by atoms with Crippen molar-refractivity contribution in [2.45, 2.75) is 45.3 Å². The van der Waals surface area contributed by atoms with Gasteiger partial charge in [0.1, 0.15) is 0 Å². The number of anilines is 1. The lowest BCUT2D eigenvalue weighted by molar-refractivity contribution is 0.0868. The van der Waals surface area contributed by atoms with Crippen molar-refractivity contribution in [3.8, 4) is 0 Å². The summed E-state index contributed by atoms with van der Waals surface area (Å²) in [4.78, 5) is 0. The number of hydrogen-bond donors (Lipinski definition) is 2. The first kappa shape index (κ1) is 11.9. The van der Waals surface area contributed by atoms with Crippen LogP contribution in [0.2, 0.25) is 0 Å². The van der Waals surface area contributed by atoms with Crippen molar-refractivity contribution in [2.75, 3.05) is 5.32 Å². The summed E-state index contributed by atoms with van der Waals surface area (Å²) in [7, 11) is 0. The molecule has 0 saturated carbocycles. The highest BCUT2D eigenvalue weighted by Gasteiger charge is 2.38. The second kappa shape index (κ2) is 3.74. The molecular formula is C13H18BrNO. The molecule has 1 aliphatic rings. The molecule has 0 aromatic heterocycles. The Balaban J connectivity index is 2.59. The van der Waals surface area contributed by atoms with Gasteiger partial charge in [0, 0.05) is 16.1 Å². The van der Waals surface area contributed by atoms with Crippen molar-refractivity contribution in [1.29, 1.82) is 0 Å². The van der Waals surface area contributed by atoms with Crippen LogP contribution in [0.25, 0.3) is 0 Å². The number of aryl methyl sites for hydroxylation is 1. The third-order valence-corrected chi connectivity index (χ3v) is 3.94. The second-order valence-electron chi connectivity index (χ2n) is 5.27. The van der Waals surface area contributed by atoms with Crippen molar-refractivity contribution in [1.82, 2.24) is 0 Å². The Morgan fingerprint density at radius 3 is 2.62 bits per heavy atom. The molecule has 0 aliphatic carbocycles. The molecule has 2 unspecified atom stereocenters. The van der Waals surface area contributed by atoms with E-state index in [1.807, 2.05) is 13.8 Å². The van der Waals surface area contributed by atoms with Crippen LogP contribution in [0.4, 0.5) is 5.69 Å². The largest absolute Gasteiger partial charge is 0.390 e. The van der Waals surface area contributed by atoms with Crippen LogP contribution < -0.4 is 5.32 Å². The van der Waals surface area contributed by atoms with Crippen LogP contribution in [0.5, 0.6) is 0 Å². The predicted octanol–water partition coefficient (Wildman–Crippen LogP) is 3.43. The smallest absolute Gasteiger partial charge is 0.0830 e. The maximum Gasteiger partial charge on any atom is 0.0830 e. The van der Waals surface area contributed by atoms with E-state index in [4.69, 9.17) is 0 Å². The standard InChI is InChI=1S/C13H18BrNO/c1-7-5-9(14)6-10-8(2)12(16)13(3,4)15-11(7)10/h5-6,8,12,15-16H,1-4H3. The molecule has 2 atom stereocenters. The van der Waals surface area contributed by atoms with E-state index in [0.29, 0.717) is 0 Å². The summed E-state index contributed by atoms with van der Waals surface area (Å²) in [5.41, 5.74) is 3.31. The van der Waals surface area contributed by atoms with Gasteiger partial charge in [-0.25, -0.2) is 0 Å². The number of hydrogen-bond acceptors (Lipinski definition) is 2. The molecule has 16 heavy (non-hydrogen) atoms. The Labute approximate surface area is 105 Å². The number of aliphatic hydroxyl groups excluding tert-OH is 1. The predicted molar refractivity (Wildman–Crippen MR) is 71.0 cm³/mol. The zero-order valence-corrected chi connectivity index (χ0v) is 11.7. The quantitative estimate of drug-likeness (QED) is 0.765. The average molecular weight is 284 g/mol. The maximum absolute atomic E-state index is 10.3. The molecular weight excluding hydrogens is 266 g/mol. The molecule has 0 bridgehead atoms. The minimum atomic E-state index is -0.367. The van der Waals surface area contributed by atoms with Gasteiger partial charge in [-0.3, -0.25) is 0 Å².